The van der Waals surface area contributed by atoms with Crippen LogP contribution in [0.4, 0.5) is 0 Å². The van der Waals surface area contributed by atoms with Crippen molar-refractivity contribution >= 4 is 0 Å². The lowest BCUT2D eigenvalue weighted by atomic mass is 10.1. The third-order valence-corrected chi connectivity index (χ3v) is 2.63. The fourth-order valence-corrected chi connectivity index (χ4v) is 1.36. The molecule has 2 nitrogen and oxygen atoms in total. The van der Waals surface area contributed by atoms with Gasteiger partial charge in [0.25, 0.3) is 0 Å². The SMILES string of the molecule is C=C(/C=C\C(=C)NCCC(C)C)NCCC(C)C.CC. The van der Waals surface area contributed by atoms with Gasteiger partial charge in [-0.3, -0.25) is 0 Å². The number of hydrogen-bond acceptors (Lipinski definition) is 2. The van der Waals surface area contributed by atoms with E-state index in [2.05, 4.69) is 51.5 Å². The molecule has 0 aliphatic carbocycles. The number of rotatable bonds is 10. The molecule has 20 heavy (non-hydrogen) atoms. The molecule has 0 aromatic rings. The van der Waals surface area contributed by atoms with Gasteiger partial charge in [0.15, 0.2) is 0 Å². The fraction of sp³-hybridized carbons (Fsp3) is 0.667. The summed E-state index contributed by atoms with van der Waals surface area (Å²) in [7, 11) is 0. The molecule has 0 spiro atoms. The van der Waals surface area contributed by atoms with Crippen LogP contribution in [0.3, 0.4) is 0 Å². The third kappa shape index (κ3) is 16.8. The average Bonchev–Trinajstić information content (AvgIpc) is 2.38. The molecular weight excluding hydrogens is 244 g/mol. The molecule has 0 aliphatic rings. The molecule has 0 atom stereocenters. The van der Waals surface area contributed by atoms with E-state index in [0.717, 1.165) is 36.3 Å². The highest BCUT2D eigenvalue weighted by molar-refractivity contribution is 5.22. The molecule has 0 amide bonds. The molecule has 0 unspecified atom stereocenters. The van der Waals surface area contributed by atoms with Crippen LogP contribution in [0.2, 0.25) is 0 Å². The quantitative estimate of drug-likeness (QED) is 0.558. The van der Waals surface area contributed by atoms with E-state index in [1.54, 1.807) is 0 Å². The van der Waals surface area contributed by atoms with Crippen molar-refractivity contribution in [1.29, 1.82) is 0 Å². The van der Waals surface area contributed by atoms with E-state index >= 15 is 0 Å². The lowest BCUT2D eigenvalue weighted by molar-refractivity contribution is 0.565. The molecule has 0 aromatic heterocycles. The van der Waals surface area contributed by atoms with Gasteiger partial charge in [0, 0.05) is 24.5 Å². The zero-order valence-corrected chi connectivity index (χ0v) is 14.6. The minimum Gasteiger partial charge on any atom is -0.386 e. The van der Waals surface area contributed by atoms with Gasteiger partial charge in [0.2, 0.25) is 0 Å². The predicted molar refractivity (Wildman–Crippen MR) is 93.7 cm³/mol. The first-order valence-electron chi connectivity index (χ1n) is 7.95. The van der Waals surface area contributed by atoms with Crippen LogP contribution in [0.25, 0.3) is 0 Å². The smallest absolute Gasteiger partial charge is 0.0267 e. The molecule has 0 fully saturated rings. The Bertz CT molecular complexity index is 247. The first-order chi connectivity index (χ1) is 9.41. The third-order valence-electron chi connectivity index (χ3n) is 2.63. The van der Waals surface area contributed by atoms with Crippen LogP contribution in [-0.2, 0) is 0 Å². The van der Waals surface area contributed by atoms with Crippen molar-refractivity contribution in [2.45, 2.75) is 54.4 Å². The Morgan fingerprint density at radius 3 is 1.35 bits per heavy atom. The second kappa shape index (κ2) is 14.2. The first kappa shape index (κ1) is 21.1. The molecule has 118 valence electrons. The number of hydrogen-bond donors (Lipinski definition) is 2. The van der Waals surface area contributed by atoms with E-state index in [-0.39, 0.29) is 0 Å². The highest BCUT2D eigenvalue weighted by atomic mass is 14.9. The lowest BCUT2D eigenvalue weighted by Crippen LogP contribution is -2.16. The fourth-order valence-electron chi connectivity index (χ4n) is 1.36. The number of nitrogens with one attached hydrogen (secondary N) is 2. The highest BCUT2D eigenvalue weighted by Crippen LogP contribution is 2.00. The molecule has 2 N–H and O–H groups in total. The van der Waals surface area contributed by atoms with Gasteiger partial charge in [-0.25, -0.2) is 0 Å². The largest absolute Gasteiger partial charge is 0.386 e. The summed E-state index contributed by atoms with van der Waals surface area (Å²) in [5.41, 5.74) is 1.89. The normalized spacial score (nSPS) is 10.4. The zero-order valence-electron chi connectivity index (χ0n) is 14.6. The summed E-state index contributed by atoms with van der Waals surface area (Å²) in [6, 6.07) is 0. The van der Waals surface area contributed by atoms with Crippen molar-refractivity contribution in [1.82, 2.24) is 10.6 Å². The second-order valence-corrected chi connectivity index (χ2v) is 5.60. The maximum absolute atomic E-state index is 3.97. The summed E-state index contributed by atoms with van der Waals surface area (Å²) in [5, 5.41) is 6.59. The van der Waals surface area contributed by atoms with Gasteiger partial charge in [-0.15, -0.1) is 0 Å². The topological polar surface area (TPSA) is 24.1 Å². The average molecular weight is 281 g/mol. The van der Waals surface area contributed by atoms with Crippen molar-refractivity contribution in [3.8, 4) is 0 Å². The lowest BCUT2D eigenvalue weighted by Gasteiger charge is -2.09. The van der Waals surface area contributed by atoms with Crippen molar-refractivity contribution in [3.63, 3.8) is 0 Å². The van der Waals surface area contributed by atoms with E-state index < -0.39 is 0 Å². The van der Waals surface area contributed by atoms with Crippen molar-refractivity contribution < 1.29 is 0 Å². The van der Waals surface area contributed by atoms with E-state index in [0.29, 0.717) is 0 Å². The van der Waals surface area contributed by atoms with Gasteiger partial charge < -0.3 is 10.6 Å². The molecule has 0 rings (SSSR count). The van der Waals surface area contributed by atoms with Crippen LogP contribution >= 0.6 is 0 Å². The molecule has 0 aliphatic heterocycles. The van der Waals surface area contributed by atoms with Gasteiger partial charge in [-0.2, -0.15) is 0 Å². The summed E-state index contributed by atoms with van der Waals surface area (Å²) in [4.78, 5) is 0. The summed E-state index contributed by atoms with van der Waals surface area (Å²) in [5.74, 6) is 1.45. The van der Waals surface area contributed by atoms with Gasteiger partial charge in [-0.05, 0) is 36.8 Å². The second-order valence-electron chi connectivity index (χ2n) is 5.60. The summed E-state index contributed by atoms with van der Waals surface area (Å²) < 4.78 is 0. The summed E-state index contributed by atoms with van der Waals surface area (Å²) >= 11 is 0. The zero-order chi connectivity index (χ0) is 16.0. The molecule has 0 saturated carbocycles. The Morgan fingerprint density at radius 2 is 1.10 bits per heavy atom. The summed E-state index contributed by atoms with van der Waals surface area (Å²) in [6.07, 6.45) is 6.29. The highest BCUT2D eigenvalue weighted by Gasteiger charge is 1.95. The Labute approximate surface area is 127 Å². The molecule has 0 aromatic carbocycles. The maximum Gasteiger partial charge on any atom is 0.0267 e. The van der Waals surface area contributed by atoms with Crippen LogP contribution in [0.1, 0.15) is 54.4 Å². The van der Waals surface area contributed by atoms with Gasteiger partial charge >= 0.3 is 0 Å². The Morgan fingerprint density at radius 1 is 0.800 bits per heavy atom. The van der Waals surface area contributed by atoms with Crippen molar-refractivity contribution in [2.24, 2.45) is 11.8 Å². The van der Waals surface area contributed by atoms with E-state index in [1.807, 2.05) is 26.0 Å². The molecule has 0 radical (unpaired) electrons. The van der Waals surface area contributed by atoms with Crippen molar-refractivity contribution in [2.75, 3.05) is 13.1 Å². The standard InChI is InChI=1S/C16H30N2.C2H6/c1-13(2)9-11-17-15(5)7-8-16(6)18-12-10-14(3)4;1-2/h7-8,13-14,17-18H,5-6,9-12H2,1-4H3;1-2H3/b8-7-;. The van der Waals surface area contributed by atoms with Crippen LogP contribution in [0.15, 0.2) is 36.7 Å². The van der Waals surface area contributed by atoms with E-state index in [9.17, 15) is 0 Å². The monoisotopic (exact) mass is 280 g/mol. The summed E-state index contributed by atoms with van der Waals surface area (Å²) in [6.45, 7) is 22.8. The Balaban J connectivity index is 0. The maximum atomic E-state index is 3.97. The minimum absolute atomic E-state index is 0.724. The molecule has 2 heteroatoms. The molecular formula is C18H36N2. The Kier molecular flexibility index (Phi) is 15.0. The molecule has 0 bridgehead atoms. The van der Waals surface area contributed by atoms with E-state index in [4.69, 9.17) is 0 Å². The minimum atomic E-state index is 0.724. The van der Waals surface area contributed by atoms with E-state index in [1.165, 1.54) is 12.8 Å². The Hall–Kier alpha value is -1.18. The molecule has 0 heterocycles. The predicted octanol–water partition coefficient (Wildman–Crippen LogP) is 4.87. The molecule has 0 saturated heterocycles. The van der Waals surface area contributed by atoms with Gasteiger partial charge in [0.1, 0.15) is 0 Å². The van der Waals surface area contributed by atoms with Crippen LogP contribution in [-0.4, -0.2) is 13.1 Å². The van der Waals surface area contributed by atoms with Crippen LogP contribution in [0.5, 0.6) is 0 Å². The van der Waals surface area contributed by atoms with Crippen LogP contribution < -0.4 is 10.6 Å². The van der Waals surface area contributed by atoms with Crippen molar-refractivity contribution in [3.05, 3.63) is 36.7 Å². The van der Waals surface area contributed by atoms with Crippen LogP contribution in [0, 0.1) is 11.8 Å². The van der Waals surface area contributed by atoms with Gasteiger partial charge in [-0.1, -0.05) is 54.7 Å². The van der Waals surface area contributed by atoms with Gasteiger partial charge in [0.05, 0.1) is 0 Å². The number of allylic oxidation sites excluding steroid dienone is 2. The first-order valence-corrected chi connectivity index (χ1v) is 7.95.